The molecule has 2 aliphatic rings. The molecule has 0 aromatic carbocycles. The molecule has 3 rings (SSSR count). The van der Waals surface area contributed by atoms with Crippen LogP contribution in [-0.2, 0) is 9.53 Å². The summed E-state index contributed by atoms with van der Waals surface area (Å²) in [5, 5.41) is 0. The lowest BCUT2D eigenvalue weighted by Crippen LogP contribution is -2.61. The van der Waals surface area contributed by atoms with E-state index < -0.39 is 0 Å². The Kier molecular flexibility index (Phi) is 3.59. The highest BCUT2D eigenvalue weighted by atomic mass is 16.5. The van der Waals surface area contributed by atoms with Crippen LogP contribution in [0.15, 0.2) is 12.3 Å². The third-order valence-corrected chi connectivity index (χ3v) is 4.11. The van der Waals surface area contributed by atoms with Gasteiger partial charge in [0, 0.05) is 26.3 Å². The number of carbonyl (C=O) groups excluding carboxylic acids is 2. The Balaban J connectivity index is 1.75. The molecule has 7 nitrogen and oxygen atoms in total. The number of fused-ring (bicyclic) bond motifs is 1. The van der Waals surface area contributed by atoms with E-state index in [0.29, 0.717) is 24.6 Å². The number of amides is 2. The van der Waals surface area contributed by atoms with Gasteiger partial charge < -0.3 is 14.5 Å². The standard InChI is InChI=1S/C14H18N4O3/c1-9-15-5-3-10(16-9)14(20)18-6-4-12-11(7-18)17(2)13(19)8-21-12/h3,5,11-12H,4,6-8H2,1-2H3/t11-,12+/m0/s1. The number of hydrogen-bond acceptors (Lipinski definition) is 5. The Morgan fingerprint density at radius 1 is 1.48 bits per heavy atom. The quantitative estimate of drug-likeness (QED) is 0.719. The van der Waals surface area contributed by atoms with Gasteiger partial charge in [0.05, 0.1) is 12.1 Å². The molecule has 1 aromatic heterocycles. The molecule has 112 valence electrons. The molecule has 0 spiro atoms. The van der Waals surface area contributed by atoms with E-state index in [-0.39, 0.29) is 30.6 Å². The van der Waals surface area contributed by atoms with Crippen molar-refractivity contribution in [3.8, 4) is 0 Å². The van der Waals surface area contributed by atoms with Gasteiger partial charge in [-0.25, -0.2) is 9.97 Å². The zero-order valence-electron chi connectivity index (χ0n) is 12.2. The molecule has 0 aliphatic carbocycles. The number of piperidine rings is 1. The van der Waals surface area contributed by atoms with Gasteiger partial charge in [0.1, 0.15) is 18.1 Å². The summed E-state index contributed by atoms with van der Waals surface area (Å²) in [5.41, 5.74) is 0.395. The Morgan fingerprint density at radius 3 is 3.05 bits per heavy atom. The molecule has 0 N–H and O–H groups in total. The van der Waals surface area contributed by atoms with Crippen molar-refractivity contribution in [1.29, 1.82) is 0 Å². The van der Waals surface area contributed by atoms with Crippen LogP contribution in [-0.4, -0.2) is 70.5 Å². The molecule has 3 heterocycles. The second-order valence-electron chi connectivity index (χ2n) is 5.45. The second kappa shape index (κ2) is 5.40. The highest BCUT2D eigenvalue weighted by molar-refractivity contribution is 5.92. The number of hydrogen-bond donors (Lipinski definition) is 0. The summed E-state index contributed by atoms with van der Waals surface area (Å²) < 4.78 is 5.56. The zero-order valence-corrected chi connectivity index (χ0v) is 12.2. The van der Waals surface area contributed by atoms with Crippen LogP contribution in [0.3, 0.4) is 0 Å². The fourth-order valence-electron chi connectivity index (χ4n) is 2.86. The topological polar surface area (TPSA) is 75.6 Å². The van der Waals surface area contributed by atoms with E-state index in [9.17, 15) is 9.59 Å². The smallest absolute Gasteiger partial charge is 0.272 e. The summed E-state index contributed by atoms with van der Waals surface area (Å²) in [6, 6.07) is 1.54. The Labute approximate surface area is 122 Å². The summed E-state index contributed by atoms with van der Waals surface area (Å²) >= 11 is 0. The van der Waals surface area contributed by atoms with Gasteiger partial charge in [0.2, 0.25) is 5.91 Å². The number of morpholine rings is 1. The predicted molar refractivity (Wildman–Crippen MR) is 73.6 cm³/mol. The molecule has 1 aromatic rings. The van der Waals surface area contributed by atoms with Crippen LogP contribution in [0.25, 0.3) is 0 Å². The first-order valence-corrected chi connectivity index (χ1v) is 7.02. The first kappa shape index (κ1) is 13.9. The lowest BCUT2D eigenvalue weighted by Gasteiger charge is -2.45. The van der Waals surface area contributed by atoms with Gasteiger partial charge in [-0.1, -0.05) is 0 Å². The summed E-state index contributed by atoms with van der Waals surface area (Å²) in [6.07, 6.45) is 2.34. The molecule has 0 radical (unpaired) electrons. The maximum atomic E-state index is 12.5. The second-order valence-corrected chi connectivity index (χ2v) is 5.45. The Morgan fingerprint density at radius 2 is 2.29 bits per heavy atom. The average molecular weight is 290 g/mol. The molecule has 0 unspecified atom stereocenters. The molecule has 0 bridgehead atoms. The number of aromatic nitrogens is 2. The van der Waals surface area contributed by atoms with Crippen molar-refractivity contribution < 1.29 is 14.3 Å². The maximum absolute atomic E-state index is 12.5. The van der Waals surface area contributed by atoms with Crippen molar-refractivity contribution >= 4 is 11.8 Å². The van der Waals surface area contributed by atoms with E-state index in [4.69, 9.17) is 4.74 Å². The van der Waals surface area contributed by atoms with E-state index in [2.05, 4.69) is 9.97 Å². The van der Waals surface area contributed by atoms with E-state index in [1.807, 2.05) is 0 Å². The van der Waals surface area contributed by atoms with Crippen LogP contribution < -0.4 is 0 Å². The van der Waals surface area contributed by atoms with Gasteiger partial charge in [-0.2, -0.15) is 0 Å². The van der Waals surface area contributed by atoms with Gasteiger partial charge in [0.15, 0.2) is 0 Å². The molecule has 7 heteroatoms. The number of likely N-dealkylation sites (N-methyl/N-ethyl adjacent to an activating group) is 1. The van der Waals surface area contributed by atoms with Gasteiger partial charge >= 0.3 is 0 Å². The Hall–Kier alpha value is -2.02. The lowest BCUT2D eigenvalue weighted by atomic mass is 9.98. The maximum Gasteiger partial charge on any atom is 0.272 e. The normalized spacial score (nSPS) is 25.7. The molecule has 21 heavy (non-hydrogen) atoms. The monoisotopic (exact) mass is 290 g/mol. The molecule has 2 amide bonds. The first-order chi connectivity index (χ1) is 10.1. The van der Waals surface area contributed by atoms with E-state index >= 15 is 0 Å². The van der Waals surface area contributed by atoms with Crippen LogP contribution in [0.4, 0.5) is 0 Å². The highest BCUT2D eigenvalue weighted by Crippen LogP contribution is 2.23. The van der Waals surface area contributed by atoms with Crippen molar-refractivity contribution in [1.82, 2.24) is 19.8 Å². The zero-order chi connectivity index (χ0) is 15.0. The van der Waals surface area contributed by atoms with Crippen LogP contribution >= 0.6 is 0 Å². The summed E-state index contributed by atoms with van der Waals surface area (Å²) in [6.45, 7) is 2.99. The lowest BCUT2D eigenvalue weighted by molar-refractivity contribution is -0.159. The van der Waals surface area contributed by atoms with Gasteiger partial charge in [-0.05, 0) is 19.4 Å². The predicted octanol–water partition coefficient (Wildman–Crippen LogP) is -0.143. The average Bonchev–Trinajstić information content (AvgIpc) is 2.50. The highest BCUT2D eigenvalue weighted by Gasteiger charge is 2.40. The van der Waals surface area contributed by atoms with Crippen molar-refractivity contribution in [3.63, 3.8) is 0 Å². The molecule has 2 atom stereocenters. The number of ether oxygens (including phenoxy) is 1. The number of aryl methyl sites for hydroxylation is 1. The van der Waals surface area contributed by atoms with Crippen molar-refractivity contribution in [2.45, 2.75) is 25.5 Å². The number of carbonyl (C=O) groups is 2. The van der Waals surface area contributed by atoms with Crippen molar-refractivity contribution in [2.24, 2.45) is 0 Å². The molecule has 0 saturated carbocycles. The number of likely N-dealkylation sites (tertiary alicyclic amines) is 1. The SMILES string of the molecule is Cc1nccc(C(=O)N2CC[C@H]3OCC(=O)N(C)[C@H]3C2)n1. The third kappa shape index (κ3) is 2.61. The largest absolute Gasteiger partial charge is 0.366 e. The van der Waals surface area contributed by atoms with E-state index in [1.165, 1.54) is 0 Å². The van der Waals surface area contributed by atoms with Gasteiger partial charge in [-0.15, -0.1) is 0 Å². The molecule has 2 fully saturated rings. The number of nitrogens with zero attached hydrogens (tertiary/aromatic N) is 4. The third-order valence-electron chi connectivity index (χ3n) is 4.11. The minimum atomic E-state index is -0.120. The molecule has 2 saturated heterocycles. The minimum Gasteiger partial charge on any atom is -0.366 e. The fourth-order valence-corrected chi connectivity index (χ4v) is 2.86. The van der Waals surface area contributed by atoms with Crippen LogP contribution in [0.1, 0.15) is 22.7 Å². The van der Waals surface area contributed by atoms with Crippen molar-refractivity contribution in [3.05, 3.63) is 23.8 Å². The van der Waals surface area contributed by atoms with Crippen LogP contribution in [0.2, 0.25) is 0 Å². The van der Waals surface area contributed by atoms with Crippen molar-refractivity contribution in [2.75, 3.05) is 26.7 Å². The van der Waals surface area contributed by atoms with Crippen LogP contribution in [0, 0.1) is 6.92 Å². The minimum absolute atomic E-state index is 0.0175. The van der Waals surface area contributed by atoms with Gasteiger partial charge in [0.25, 0.3) is 5.91 Å². The fraction of sp³-hybridized carbons (Fsp3) is 0.571. The number of rotatable bonds is 1. The van der Waals surface area contributed by atoms with Crippen LogP contribution in [0.5, 0.6) is 0 Å². The summed E-state index contributed by atoms with van der Waals surface area (Å²) in [5.74, 6) is 0.415. The van der Waals surface area contributed by atoms with E-state index in [0.717, 1.165) is 6.42 Å². The molecule has 2 aliphatic heterocycles. The van der Waals surface area contributed by atoms with E-state index in [1.54, 1.807) is 36.0 Å². The summed E-state index contributed by atoms with van der Waals surface area (Å²) in [7, 11) is 1.77. The van der Waals surface area contributed by atoms with Gasteiger partial charge in [-0.3, -0.25) is 9.59 Å². The first-order valence-electron chi connectivity index (χ1n) is 7.02. The molecular weight excluding hydrogens is 272 g/mol. The Bertz CT molecular complexity index is 577. The molecular formula is C14H18N4O3. The summed E-state index contributed by atoms with van der Waals surface area (Å²) in [4.78, 5) is 35.8.